The summed E-state index contributed by atoms with van der Waals surface area (Å²) in [5.74, 6) is 2.76. The third kappa shape index (κ3) is 2.24. The minimum Gasteiger partial charge on any atom is -0.367 e. The van der Waals surface area contributed by atoms with Gasteiger partial charge in [-0.25, -0.2) is 4.98 Å². The second kappa shape index (κ2) is 4.88. The predicted molar refractivity (Wildman–Crippen MR) is 79.2 cm³/mol. The van der Waals surface area contributed by atoms with Gasteiger partial charge in [-0.15, -0.1) is 11.3 Å². The number of fused-ring (bicyclic) bond motifs is 1. The molecule has 0 aromatic carbocycles. The van der Waals surface area contributed by atoms with Crippen molar-refractivity contribution in [1.29, 1.82) is 0 Å². The van der Waals surface area contributed by atoms with Crippen molar-refractivity contribution in [2.24, 2.45) is 11.8 Å². The van der Waals surface area contributed by atoms with E-state index in [-0.39, 0.29) is 0 Å². The number of hydrogen-bond acceptors (Lipinski definition) is 3. The number of hydrogen-bond donors (Lipinski definition) is 1. The molecule has 3 heteroatoms. The summed E-state index contributed by atoms with van der Waals surface area (Å²) >= 11 is 1.78. The van der Waals surface area contributed by atoms with E-state index in [0.29, 0.717) is 6.04 Å². The molecule has 1 N–H and O–H groups in total. The first-order valence-electron chi connectivity index (χ1n) is 6.83. The van der Waals surface area contributed by atoms with Crippen LogP contribution in [0.25, 0.3) is 10.1 Å². The molecule has 1 aliphatic carbocycles. The van der Waals surface area contributed by atoms with Gasteiger partial charge in [-0.1, -0.05) is 13.8 Å². The largest absolute Gasteiger partial charge is 0.367 e. The highest BCUT2D eigenvalue weighted by molar-refractivity contribution is 7.17. The van der Waals surface area contributed by atoms with E-state index in [4.69, 9.17) is 0 Å². The molecular weight excluding hydrogens is 240 g/mol. The molecule has 3 rings (SSSR count). The molecule has 2 aromatic heterocycles. The summed E-state index contributed by atoms with van der Waals surface area (Å²) in [5.41, 5.74) is 0. The molecule has 1 fully saturated rings. The number of nitrogens with zero attached hydrogens (tertiary/aromatic N) is 1. The van der Waals surface area contributed by atoms with Crippen LogP contribution in [0, 0.1) is 11.8 Å². The predicted octanol–water partition coefficient (Wildman–Crippen LogP) is 4.53. The number of anilines is 1. The molecule has 18 heavy (non-hydrogen) atoms. The Bertz CT molecular complexity index is 534. The zero-order valence-electron chi connectivity index (χ0n) is 11.0. The average Bonchev–Trinajstić information content (AvgIpc) is 2.83. The molecule has 0 spiro atoms. The molecule has 2 aromatic rings. The van der Waals surface area contributed by atoms with Crippen molar-refractivity contribution in [3.8, 4) is 0 Å². The van der Waals surface area contributed by atoms with Crippen LogP contribution < -0.4 is 5.32 Å². The quantitative estimate of drug-likeness (QED) is 0.858. The fraction of sp³-hybridized carbons (Fsp3) is 0.533. The molecule has 2 nitrogen and oxygen atoms in total. The van der Waals surface area contributed by atoms with Crippen LogP contribution in [0.2, 0.25) is 0 Å². The highest BCUT2D eigenvalue weighted by Crippen LogP contribution is 2.32. The van der Waals surface area contributed by atoms with E-state index in [1.54, 1.807) is 11.3 Å². The molecule has 3 atom stereocenters. The SMILES string of the molecule is CC1CCC(Nc2nccc3sccc23)CC1C. The Morgan fingerprint density at radius 3 is 2.94 bits per heavy atom. The fourth-order valence-corrected chi connectivity index (χ4v) is 3.66. The van der Waals surface area contributed by atoms with Crippen molar-refractivity contribution in [2.45, 2.75) is 39.2 Å². The summed E-state index contributed by atoms with van der Waals surface area (Å²) in [7, 11) is 0. The lowest BCUT2D eigenvalue weighted by Crippen LogP contribution is -2.30. The number of thiophene rings is 1. The van der Waals surface area contributed by atoms with Crippen molar-refractivity contribution < 1.29 is 0 Å². The van der Waals surface area contributed by atoms with E-state index in [0.717, 1.165) is 17.7 Å². The summed E-state index contributed by atoms with van der Waals surface area (Å²) in [5, 5.41) is 7.07. The van der Waals surface area contributed by atoms with Gasteiger partial charge in [0.1, 0.15) is 5.82 Å². The molecule has 1 saturated carbocycles. The third-order valence-corrected chi connectivity index (χ3v) is 5.20. The first kappa shape index (κ1) is 12.0. The molecule has 1 aliphatic rings. The van der Waals surface area contributed by atoms with E-state index >= 15 is 0 Å². The molecule has 96 valence electrons. The summed E-state index contributed by atoms with van der Waals surface area (Å²) in [6, 6.07) is 4.86. The maximum atomic E-state index is 4.51. The minimum absolute atomic E-state index is 0.592. The first-order chi connectivity index (χ1) is 8.74. The van der Waals surface area contributed by atoms with Gasteiger partial charge in [-0.3, -0.25) is 0 Å². The average molecular weight is 260 g/mol. The highest BCUT2D eigenvalue weighted by atomic mass is 32.1. The topological polar surface area (TPSA) is 24.9 Å². The Kier molecular flexibility index (Phi) is 3.25. The van der Waals surface area contributed by atoms with Gasteiger partial charge in [0.15, 0.2) is 0 Å². The Balaban J connectivity index is 1.78. The Hall–Kier alpha value is -1.09. The number of nitrogens with one attached hydrogen (secondary N) is 1. The zero-order chi connectivity index (χ0) is 12.5. The molecule has 0 saturated heterocycles. The Labute approximate surface area is 112 Å². The maximum absolute atomic E-state index is 4.51. The van der Waals surface area contributed by atoms with Crippen LogP contribution >= 0.6 is 11.3 Å². The van der Waals surface area contributed by atoms with Crippen LogP contribution in [0.3, 0.4) is 0 Å². The highest BCUT2D eigenvalue weighted by Gasteiger charge is 2.24. The van der Waals surface area contributed by atoms with Gasteiger partial charge in [-0.2, -0.15) is 0 Å². The van der Waals surface area contributed by atoms with Gasteiger partial charge >= 0.3 is 0 Å². The second-order valence-corrected chi connectivity index (χ2v) is 6.55. The van der Waals surface area contributed by atoms with Crippen molar-refractivity contribution in [1.82, 2.24) is 4.98 Å². The molecule has 2 heterocycles. The van der Waals surface area contributed by atoms with Gasteiger partial charge in [0, 0.05) is 22.3 Å². The van der Waals surface area contributed by atoms with E-state index in [1.165, 1.54) is 29.3 Å². The molecule has 0 aliphatic heterocycles. The van der Waals surface area contributed by atoms with E-state index in [2.05, 4.69) is 41.7 Å². The monoisotopic (exact) mass is 260 g/mol. The molecular formula is C15H20N2S. The second-order valence-electron chi connectivity index (χ2n) is 5.60. The lowest BCUT2D eigenvalue weighted by molar-refractivity contribution is 0.260. The standard InChI is InChI=1S/C15H20N2S/c1-10-3-4-12(9-11(10)2)17-15-13-6-8-18-14(13)5-7-16-15/h5-8,10-12H,3-4,9H2,1-2H3,(H,16,17). The summed E-state index contributed by atoms with van der Waals surface area (Å²) in [4.78, 5) is 4.51. The normalized spacial score (nSPS) is 28.4. The van der Waals surface area contributed by atoms with Crippen molar-refractivity contribution >= 4 is 27.2 Å². The summed E-state index contributed by atoms with van der Waals surface area (Å²) in [6.07, 6.45) is 5.78. The smallest absolute Gasteiger partial charge is 0.134 e. The molecule has 0 amide bonds. The minimum atomic E-state index is 0.592. The Morgan fingerprint density at radius 1 is 1.22 bits per heavy atom. The molecule has 0 bridgehead atoms. The van der Waals surface area contributed by atoms with E-state index < -0.39 is 0 Å². The van der Waals surface area contributed by atoms with E-state index in [1.807, 2.05) is 6.20 Å². The van der Waals surface area contributed by atoms with Crippen LogP contribution in [0.4, 0.5) is 5.82 Å². The summed E-state index contributed by atoms with van der Waals surface area (Å²) in [6.45, 7) is 4.75. The summed E-state index contributed by atoms with van der Waals surface area (Å²) < 4.78 is 1.32. The zero-order valence-corrected chi connectivity index (χ0v) is 11.8. The van der Waals surface area contributed by atoms with Gasteiger partial charge in [0.2, 0.25) is 0 Å². The van der Waals surface area contributed by atoms with Gasteiger partial charge in [-0.05, 0) is 48.6 Å². The van der Waals surface area contributed by atoms with Gasteiger partial charge < -0.3 is 5.32 Å². The van der Waals surface area contributed by atoms with Crippen LogP contribution in [-0.4, -0.2) is 11.0 Å². The van der Waals surface area contributed by atoms with Gasteiger partial charge in [0.25, 0.3) is 0 Å². The Morgan fingerprint density at radius 2 is 2.11 bits per heavy atom. The van der Waals surface area contributed by atoms with Crippen molar-refractivity contribution in [3.63, 3.8) is 0 Å². The van der Waals surface area contributed by atoms with Crippen LogP contribution in [-0.2, 0) is 0 Å². The van der Waals surface area contributed by atoms with Crippen LogP contribution in [0.15, 0.2) is 23.7 Å². The lowest BCUT2D eigenvalue weighted by Gasteiger charge is -2.32. The fourth-order valence-electron chi connectivity index (χ4n) is 2.88. The third-order valence-electron chi connectivity index (χ3n) is 4.32. The number of aromatic nitrogens is 1. The van der Waals surface area contributed by atoms with Gasteiger partial charge in [0.05, 0.1) is 0 Å². The lowest BCUT2D eigenvalue weighted by atomic mass is 9.79. The first-order valence-corrected chi connectivity index (χ1v) is 7.71. The number of pyridine rings is 1. The van der Waals surface area contributed by atoms with Crippen LogP contribution in [0.1, 0.15) is 33.1 Å². The van der Waals surface area contributed by atoms with Crippen molar-refractivity contribution in [3.05, 3.63) is 23.7 Å². The molecule has 0 radical (unpaired) electrons. The maximum Gasteiger partial charge on any atom is 0.134 e. The van der Waals surface area contributed by atoms with Crippen LogP contribution in [0.5, 0.6) is 0 Å². The number of rotatable bonds is 2. The van der Waals surface area contributed by atoms with E-state index in [9.17, 15) is 0 Å². The van der Waals surface area contributed by atoms with Crippen molar-refractivity contribution in [2.75, 3.05) is 5.32 Å². The molecule has 3 unspecified atom stereocenters.